The molecule has 0 amide bonds. The zero-order chi connectivity index (χ0) is 13.5. The molecule has 18 heavy (non-hydrogen) atoms. The Hall–Kier alpha value is -2.36. The van der Waals surface area contributed by atoms with Crippen LogP contribution in [0.15, 0.2) is 6.33 Å². The average Bonchev–Trinajstić information content (AvgIpc) is 2.37. The summed E-state index contributed by atoms with van der Waals surface area (Å²) in [5.74, 6) is 2.50. The fraction of sp³-hybridized carbons (Fsp3) is 0.455. The van der Waals surface area contributed by atoms with Gasteiger partial charge in [0.2, 0.25) is 5.82 Å². The van der Waals surface area contributed by atoms with Crippen molar-refractivity contribution in [2.45, 2.75) is 25.8 Å². The minimum Gasteiger partial charge on any atom is -0.476 e. The summed E-state index contributed by atoms with van der Waals surface area (Å²) in [6, 6.07) is -0.312. The van der Waals surface area contributed by atoms with Crippen molar-refractivity contribution in [3.8, 4) is 18.2 Å². The predicted molar refractivity (Wildman–Crippen MR) is 66.4 cm³/mol. The van der Waals surface area contributed by atoms with Crippen molar-refractivity contribution in [3.63, 3.8) is 0 Å². The number of methoxy groups -OCH3 is 1. The van der Waals surface area contributed by atoms with Crippen molar-refractivity contribution in [1.29, 1.82) is 0 Å². The van der Waals surface area contributed by atoms with Gasteiger partial charge in [0.1, 0.15) is 6.33 Å². The maximum absolute atomic E-state index is 11.0. The number of nitrogens with zero attached hydrogens (tertiary/aromatic N) is 3. The topological polar surface area (TPSA) is 90.2 Å². The minimum atomic E-state index is -0.597. The van der Waals surface area contributed by atoms with E-state index in [1.807, 2.05) is 6.92 Å². The first-order chi connectivity index (χ1) is 8.63. The molecule has 96 valence electrons. The molecule has 0 fully saturated rings. The molecule has 1 rings (SSSR count). The van der Waals surface area contributed by atoms with Crippen molar-refractivity contribution in [1.82, 2.24) is 9.97 Å². The molecule has 0 radical (unpaired) electrons. The largest absolute Gasteiger partial charge is 0.476 e. The maximum Gasteiger partial charge on any atom is 0.372 e. The SMILES string of the molecule is C#CC(CCC)Nc1ncnc(OC)c1[N+](=O)[O-]. The number of ether oxygens (including phenoxy) is 1. The normalized spacial score (nSPS) is 11.4. The molecule has 1 aromatic rings. The number of rotatable bonds is 6. The van der Waals surface area contributed by atoms with Crippen LogP contribution in [0.5, 0.6) is 5.88 Å². The lowest BCUT2D eigenvalue weighted by molar-refractivity contribution is -0.385. The molecule has 7 heteroatoms. The van der Waals surface area contributed by atoms with E-state index in [4.69, 9.17) is 11.2 Å². The smallest absolute Gasteiger partial charge is 0.372 e. The van der Waals surface area contributed by atoms with Crippen LogP contribution >= 0.6 is 0 Å². The molecule has 1 unspecified atom stereocenters. The molecule has 0 bridgehead atoms. The van der Waals surface area contributed by atoms with Crippen LogP contribution in [0, 0.1) is 22.5 Å². The second-order valence-corrected chi connectivity index (χ2v) is 3.49. The number of hydrogen-bond donors (Lipinski definition) is 1. The zero-order valence-corrected chi connectivity index (χ0v) is 10.2. The van der Waals surface area contributed by atoms with Gasteiger partial charge in [-0.1, -0.05) is 19.3 Å². The summed E-state index contributed by atoms with van der Waals surface area (Å²) < 4.78 is 4.84. The molecular formula is C11H14N4O3. The first kappa shape index (κ1) is 13.7. The number of nitrogens with one attached hydrogen (secondary N) is 1. The van der Waals surface area contributed by atoms with E-state index in [1.165, 1.54) is 13.4 Å². The first-order valence-corrected chi connectivity index (χ1v) is 5.40. The average molecular weight is 250 g/mol. The Morgan fingerprint density at radius 1 is 1.67 bits per heavy atom. The van der Waals surface area contributed by atoms with Gasteiger partial charge in [-0.25, -0.2) is 4.98 Å². The highest BCUT2D eigenvalue weighted by Crippen LogP contribution is 2.30. The number of terminal acetylenes is 1. The molecule has 0 aromatic carbocycles. The molecule has 0 aliphatic heterocycles. The van der Waals surface area contributed by atoms with Gasteiger partial charge in [-0.2, -0.15) is 4.98 Å². The molecule has 0 spiro atoms. The summed E-state index contributed by atoms with van der Waals surface area (Å²) >= 11 is 0. The highest BCUT2D eigenvalue weighted by atomic mass is 16.6. The van der Waals surface area contributed by atoms with Crippen LogP contribution in [0.4, 0.5) is 11.5 Å². The van der Waals surface area contributed by atoms with E-state index in [9.17, 15) is 10.1 Å². The van der Waals surface area contributed by atoms with Gasteiger partial charge in [-0.3, -0.25) is 10.1 Å². The molecule has 1 heterocycles. The molecule has 0 saturated carbocycles. The first-order valence-electron chi connectivity index (χ1n) is 5.40. The van der Waals surface area contributed by atoms with Crippen LogP contribution in [0.2, 0.25) is 0 Å². The summed E-state index contributed by atoms with van der Waals surface area (Å²) in [6.07, 6.45) is 8.09. The highest BCUT2D eigenvalue weighted by molar-refractivity contribution is 5.62. The van der Waals surface area contributed by atoms with Gasteiger partial charge in [0.05, 0.1) is 18.1 Å². The molecule has 0 aliphatic carbocycles. The van der Waals surface area contributed by atoms with Crippen LogP contribution < -0.4 is 10.1 Å². The van der Waals surface area contributed by atoms with E-state index in [0.29, 0.717) is 6.42 Å². The molecule has 1 N–H and O–H groups in total. The Labute approximate surface area is 105 Å². The van der Waals surface area contributed by atoms with E-state index in [0.717, 1.165) is 6.42 Å². The van der Waals surface area contributed by atoms with E-state index in [-0.39, 0.29) is 23.4 Å². The number of hydrogen-bond acceptors (Lipinski definition) is 6. The molecular weight excluding hydrogens is 236 g/mol. The standard InChI is InChI=1S/C11H14N4O3/c1-4-6-8(5-2)14-10-9(15(16)17)11(18-3)13-7-12-10/h2,7-8H,4,6H2,1,3H3,(H,12,13,14). The van der Waals surface area contributed by atoms with Gasteiger partial charge in [0.15, 0.2) is 0 Å². The van der Waals surface area contributed by atoms with Crippen LogP contribution in [0.3, 0.4) is 0 Å². The Morgan fingerprint density at radius 3 is 2.89 bits per heavy atom. The van der Waals surface area contributed by atoms with Crippen molar-refractivity contribution < 1.29 is 9.66 Å². The van der Waals surface area contributed by atoms with Gasteiger partial charge in [0.25, 0.3) is 5.88 Å². The lowest BCUT2D eigenvalue weighted by atomic mass is 10.2. The highest BCUT2D eigenvalue weighted by Gasteiger charge is 2.24. The number of aromatic nitrogens is 2. The van der Waals surface area contributed by atoms with Gasteiger partial charge in [-0.05, 0) is 6.42 Å². The fourth-order valence-electron chi connectivity index (χ4n) is 1.43. The second kappa shape index (κ2) is 6.39. The van der Waals surface area contributed by atoms with Crippen LogP contribution in [0.25, 0.3) is 0 Å². The van der Waals surface area contributed by atoms with Gasteiger partial charge < -0.3 is 10.1 Å². The summed E-state index contributed by atoms with van der Waals surface area (Å²) in [6.45, 7) is 1.97. The minimum absolute atomic E-state index is 0.0725. The quantitative estimate of drug-likeness (QED) is 0.468. The summed E-state index contributed by atoms with van der Waals surface area (Å²) in [7, 11) is 1.31. The zero-order valence-electron chi connectivity index (χ0n) is 10.2. The van der Waals surface area contributed by atoms with Gasteiger partial charge in [-0.15, -0.1) is 6.42 Å². The third kappa shape index (κ3) is 3.07. The Kier molecular flexibility index (Phi) is 4.87. The molecule has 0 aliphatic rings. The molecule has 1 aromatic heterocycles. The van der Waals surface area contributed by atoms with Crippen molar-refractivity contribution in [2.24, 2.45) is 0 Å². The van der Waals surface area contributed by atoms with E-state index < -0.39 is 4.92 Å². The number of anilines is 1. The van der Waals surface area contributed by atoms with E-state index in [1.54, 1.807) is 0 Å². The lowest BCUT2D eigenvalue weighted by Crippen LogP contribution is -2.19. The molecule has 7 nitrogen and oxygen atoms in total. The lowest BCUT2D eigenvalue weighted by Gasteiger charge is -2.12. The van der Waals surface area contributed by atoms with Crippen LogP contribution in [-0.2, 0) is 0 Å². The Morgan fingerprint density at radius 2 is 2.39 bits per heavy atom. The number of nitro groups is 1. The van der Waals surface area contributed by atoms with Crippen molar-refractivity contribution in [3.05, 3.63) is 16.4 Å². The summed E-state index contributed by atoms with van der Waals surface area (Å²) in [5.41, 5.74) is -0.309. The molecule has 1 atom stereocenters. The predicted octanol–water partition coefficient (Wildman–Crippen LogP) is 1.61. The van der Waals surface area contributed by atoms with Gasteiger partial charge >= 0.3 is 5.69 Å². The Bertz CT molecular complexity index is 470. The van der Waals surface area contributed by atoms with Crippen molar-refractivity contribution in [2.75, 3.05) is 12.4 Å². The fourth-order valence-corrected chi connectivity index (χ4v) is 1.43. The van der Waals surface area contributed by atoms with E-state index in [2.05, 4.69) is 21.2 Å². The van der Waals surface area contributed by atoms with Crippen molar-refractivity contribution >= 4 is 11.5 Å². The Balaban J connectivity index is 3.08. The monoisotopic (exact) mass is 250 g/mol. The third-order valence-corrected chi connectivity index (χ3v) is 2.25. The van der Waals surface area contributed by atoms with Crippen LogP contribution in [-0.4, -0.2) is 28.0 Å². The molecule has 0 saturated heterocycles. The van der Waals surface area contributed by atoms with Gasteiger partial charge in [0, 0.05) is 0 Å². The van der Waals surface area contributed by atoms with E-state index >= 15 is 0 Å². The third-order valence-electron chi connectivity index (χ3n) is 2.25. The second-order valence-electron chi connectivity index (χ2n) is 3.49. The maximum atomic E-state index is 11.0. The summed E-state index contributed by atoms with van der Waals surface area (Å²) in [4.78, 5) is 17.9. The summed E-state index contributed by atoms with van der Waals surface area (Å²) in [5, 5.41) is 13.8. The van der Waals surface area contributed by atoms with Crippen LogP contribution in [0.1, 0.15) is 19.8 Å².